The first kappa shape index (κ1) is 12.2. The smallest absolute Gasteiger partial charge is 0.234 e. The van der Waals surface area contributed by atoms with Crippen molar-refractivity contribution in [3.8, 4) is 6.07 Å². The molecule has 0 radical (unpaired) electrons. The highest BCUT2D eigenvalue weighted by atomic mass is 16.1. The normalized spacial score (nSPS) is 9.50. The zero-order valence-electron chi connectivity index (χ0n) is 9.29. The zero-order chi connectivity index (χ0) is 11.8. The maximum absolute atomic E-state index is 11.1. The molecule has 0 aliphatic carbocycles. The van der Waals surface area contributed by atoms with Crippen LogP contribution in [0.3, 0.4) is 0 Å². The Bertz CT molecular complexity index is 378. The van der Waals surface area contributed by atoms with Crippen LogP contribution in [0.1, 0.15) is 11.1 Å². The molecule has 0 saturated carbocycles. The summed E-state index contributed by atoms with van der Waals surface area (Å²) in [4.78, 5) is 11.1. The van der Waals surface area contributed by atoms with Crippen molar-refractivity contribution in [3.63, 3.8) is 0 Å². The number of rotatable bonds is 5. The van der Waals surface area contributed by atoms with Crippen LogP contribution in [0, 0.1) is 18.3 Å². The minimum Gasteiger partial charge on any atom is -0.342 e. The van der Waals surface area contributed by atoms with E-state index in [1.54, 1.807) is 0 Å². The predicted molar refractivity (Wildman–Crippen MR) is 61.5 cm³/mol. The van der Waals surface area contributed by atoms with Crippen LogP contribution in [-0.4, -0.2) is 19.0 Å². The number of hydrogen-bond donors (Lipinski definition) is 2. The van der Waals surface area contributed by atoms with Gasteiger partial charge in [0.1, 0.15) is 6.54 Å². The Kier molecular flexibility index (Phi) is 5.03. The zero-order valence-corrected chi connectivity index (χ0v) is 9.29. The van der Waals surface area contributed by atoms with Crippen molar-refractivity contribution >= 4 is 5.91 Å². The molecule has 0 heterocycles. The first-order valence-electron chi connectivity index (χ1n) is 5.12. The van der Waals surface area contributed by atoms with E-state index < -0.39 is 0 Å². The van der Waals surface area contributed by atoms with Gasteiger partial charge in [-0.3, -0.25) is 4.79 Å². The number of hydrogen-bond acceptors (Lipinski definition) is 3. The number of benzene rings is 1. The Morgan fingerprint density at radius 1 is 1.38 bits per heavy atom. The van der Waals surface area contributed by atoms with E-state index in [1.165, 1.54) is 5.56 Å². The van der Waals surface area contributed by atoms with E-state index in [0.29, 0.717) is 6.54 Å². The van der Waals surface area contributed by atoms with Gasteiger partial charge in [0, 0.05) is 6.54 Å². The number of amides is 1. The van der Waals surface area contributed by atoms with Crippen molar-refractivity contribution in [3.05, 3.63) is 35.4 Å². The summed E-state index contributed by atoms with van der Waals surface area (Å²) in [5.41, 5.74) is 2.36. The number of nitriles is 1. The minimum atomic E-state index is -0.159. The first-order chi connectivity index (χ1) is 7.72. The van der Waals surface area contributed by atoms with Crippen molar-refractivity contribution in [2.75, 3.05) is 13.1 Å². The second-order valence-electron chi connectivity index (χ2n) is 3.52. The number of nitrogens with zero attached hydrogens (tertiary/aromatic N) is 1. The summed E-state index contributed by atoms with van der Waals surface area (Å²) in [5, 5.41) is 13.7. The summed E-state index contributed by atoms with van der Waals surface area (Å²) in [6.45, 7) is 2.98. The third-order valence-corrected chi connectivity index (χ3v) is 2.10. The third-order valence-electron chi connectivity index (χ3n) is 2.10. The third kappa shape index (κ3) is 4.58. The minimum absolute atomic E-state index is 0.0606. The molecule has 1 aromatic rings. The molecule has 1 rings (SSSR count). The van der Waals surface area contributed by atoms with Crippen molar-refractivity contribution in [2.24, 2.45) is 0 Å². The molecule has 4 nitrogen and oxygen atoms in total. The molecule has 16 heavy (non-hydrogen) atoms. The SMILES string of the molecule is Cc1ccc(CNCC(=O)NCC#N)cc1. The Morgan fingerprint density at radius 2 is 2.06 bits per heavy atom. The van der Waals surface area contributed by atoms with Crippen LogP contribution in [0.5, 0.6) is 0 Å². The van der Waals surface area contributed by atoms with Gasteiger partial charge in [-0.25, -0.2) is 0 Å². The van der Waals surface area contributed by atoms with E-state index in [2.05, 4.69) is 10.6 Å². The average molecular weight is 217 g/mol. The molecule has 4 heteroatoms. The van der Waals surface area contributed by atoms with E-state index in [9.17, 15) is 4.79 Å². The van der Waals surface area contributed by atoms with E-state index in [4.69, 9.17) is 5.26 Å². The summed E-state index contributed by atoms with van der Waals surface area (Å²) in [6, 6.07) is 9.97. The monoisotopic (exact) mass is 217 g/mol. The molecule has 0 aliphatic heterocycles. The number of aryl methyl sites for hydroxylation is 1. The Morgan fingerprint density at radius 3 is 2.69 bits per heavy atom. The molecule has 0 bridgehead atoms. The summed E-state index contributed by atoms with van der Waals surface area (Å²) < 4.78 is 0. The highest BCUT2D eigenvalue weighted by Gasteiger charge is 1.99. The molecule has 0 aromatic heterocycles. The van der Waals surface area contributed by atoms with Crippen LogP contribution in [0.2, 0.25) is 0 Å². The topological polar surface area (TPSA) is 64.9 Å². The van der Waals surface area contributed by atoms with Crippen molar-refractivity contribution in [2.45, 2.75) is 13.5 Å². The lowest BCUT2D eigenvalue weighted by molar-refractivity contribution is -0.120. The summed E-state index contributed by atoms with van der Waals surface area (Å²) in [7, 11) is 0. The predicted octanol–water partition coefficient (Wildman–Crippen LogP) is 0.724. The largest absolute Gasteiger partial charge is 0.342 e. The summed E-state index contributed by atoms with van der Waals surface area (Å²) in [6.07, 6.45) is 0. The lowest BCUT2D eigenvalue weighted by atomic mass is 10.1. The Balaban J connectivity index is 2.23. The van der Waals surface area contributed by atoms with Crippen LogP contribution in [-0.2, 0) is 11.3 Å². The highest BCUT2D eigenvalue weighted by molar-refractivity contribution is 5.78. The van der Waals surface area contributed by atoms with Crippen LogP contribution >= 0.6 is 0 Å². The lowest BCUT2D eigenvalue weighted by Gasteiger charge is -2.04. The molecule has 0 fully saturated rings. The fourth-order valence-electron chi connectivity index (χ4n) is 1.23. The van der Waals surface area contributed by atoms with Gasteiger partial charge in [-0.2, -0.15) is 5.26 Å². The van der Waals surface area contributed by atoms with E-state index in [1.807, 2.05) is 37.3 Å². The summed E-state index contributed by atoms with van der Waals surface area (Å²) in [5.74, 6) is -0.159. The first-order valence-corrected chi connectivity index (χ1v) is 5.12. The molecular weight excluding hydrogens is 202 g/mol. The molecular formula is C12H15N3O. The van der Waals surface area contributed by atoms with Gasteiger partial charge in [-0.15, -0.1) is 0 Å². The second-order valence-corrected chi connectivity index (χ2v) is 3.52. The molecule has 2 N–H and O–H groups in total. The van der Waals surface area contributed by atoms with Crippen molar-refractivity contribution < 1.29 is 4.79 Å². The van der Waals surface area contributed by atoms with Crippen molar-refractivity contribution in [1.82, 2.24) is 10.6 Å². The van der Waals surface area contributed by atoms with Gasteiger partial charge < -0.3 is 10.6 Å². The molecule has 0 unspecified atom stereocenters. The van der Waals surface area contributed by atoms with Gasteiger partial charge in [-0.1, -0.05) is 29.8 Å². The van der Waals surface area contributed by atoms with Crippen molar-refractivity contribution in [1.29, 1.82) is 5.26 Å². The number of nitrogens with one attached hydrogen (secondary N) is 2. The molecule has 0 atom stereocenters. The molecule has 0 saturated heterocycles. The molecule has 84 valence electrons. The Labute approximate surface area is 95.3 Å². The van der Waals surface area contributed by atoms with E-state index in [0.717, 1.165) is 5.56 Å². The molecule has 1 amide bonds. The van der Waals surface area contributed by atoms with Gasteiger partial charge >= 0.3 is 0 Å². The van der Waals surface area contributed by atoms with Gasteiger partial charge in [0.25, 0.3) is 0 Å². The van der Waals surface area contributed by atoms with Gasteiger partial charge in [-0.05, 0) is 12.5 Å². The van der Waals surface area contributed by atoms with E-state index in [-0.39, 0.29) is 19.0 Å². The standard InChI is InChI=1S/C12H15N3O/c1-10-2-4-11(5-3-10)8-14-9-12(16)15-7-6-13/h2-5,14H,7-9H2,1H3,(H,15,16). The van der Waals surface area contributed by atoms with Crippen LogP contribution in [0.15, 0.2) is 24.3 Å². The average Bonchev–Trinajstić information content (AvgIpc) is 2.29. The Hall–Kier alpha value is -1.86. The summed E-state index contributed by atoms with van der Waals surface area (Å²) >= 11 is 0. The van der Waals surface area contributed by atoms with Gasteiger partial charge in [0.05, 0.1) is 12.6 Å². The van der Waals surface area contributed by atoms with Gasteiger partial charge in [0.2, 0.25) is 5.91 Å². The maximum Gasteiger partial charge on any atom is 0.234 e. The fourth-order valence-corrected chi connectivity index (χ4v) is 1.23. The second kappa shape index (κ2) is 6.59. The fraction of sp³-hybridized carbons (Fsp3) is 0.333. The van der Waals surface area contributed by atoms with E-state index >= 15 is 0 Å². The number of carbonyl (C=O) groups is 1. The lowest BCUT2D eigenvalue weighted by Crippen LogP contribution is -2.33. The van der Waals surface area contributed by atoms with Crippen LogP contribution < -0.4 is 10.6 Å². The molecule has 0 spiro atoms. The van der Waals surface area contributed by atoms with Gasteiger partial charge in [0.15, 0.2) is 0 Å². The van der Waals surface area contributed by atoms with Crippen LogP contribution in [0.4, 0.5) is 0 Å². The molecule has 1 aromatic carbocycles. The highest BCUT2D eigenvalue weighted by Crippen LogP contribution is 2.01. The molecule has 0 aliphatic rings. The quantitative estimate of drug-likeness (QED) is 0.714. The number of carbonyl (C=O) groups excluding carboxylic acids is 1. The van der Waals surface area contributed by atoms with Crippen LogP contribution in [0.25, 0.3) is 0 Å². The maximum atomic E-state index is 11.1.